The van der Waals surface area contributed by atoms with Gasteiger partial charge in [0.25, 0.3) is 10.0 Å². The second-order valence-corrected chi connectivity index (χ2v) is 6.63. The van der Waals surface area contributed by atoms with Crippen LogP contribution < -0.4 is 4.72 Å². The summed E-state index contributed by atoms with van der Waals surface area (Å²) in [6.07, 6.45) is 7.70. The van der Waals surface area contributed by atoms with Crippen LogP contribution in [0.3, 0.4) is 0 Å². The zero-order valence-corrected chi connectivity index (χ0v) is 11.7. The number of aromatic nitrogens is 1. The van der Waals surface area contributed by atoms with E-state index in [2.05, 4.69) is 9.71 Å². The van der Waals surface area contributed by atoms with Crippen molar-refractivity contribution in [1.82, 2.24) is 9.71 Å². The van der Waals surface area contributed by atoms with E-state index in [4.69, 9.17) is 5.11 Å². The third-order valence-corrected chi connectivity index (χ3v) is 4.87. The Hall–Kier alpha value is -0.980. The summed E-state index contributed by atoms with van der Waals surface area (Å²) in [7, 11) is -3.54. The van der Waals surface area contributed by atoms with Gasteiger partial charge in [0.1, 0.15) is 0 Å². The number of nitrogens with one attached hydrogen (secondary N) is 1. The lowest BCUT2D eigenvalue weighted by Gasteiger charge is -2.15. The summed E-state index contributed by atoms with van der Waals surface area (Å²) in [5.74, 6) is 0. The normalized spacial score (nSPS) is 18.2. The highest BCUT2D eigenvalue weighted by molar-refractivity contribution is 7.89. The van der Waals surface area contributed by atoms with Crippen molar-refractivity contribution in [1.29, 1.82) is 0 Å². The molecule has 0 aromatic carbocycles. The molecular formula is C13H20N2O3S. The fourth-order valence-corrected chi connectivity index (χ4v) is 3.57. The van der Waals surface area contributed by atoms with Crippen molar-refractivity contribution in [2.45, 2.75) is 56.2 Å². The Labute approximate surface area is 114 Å². The van der Waals surface area contributed by atoms with Gasteiger partial charge >= 0.3 is 0 Å². The maximum atomic E-state index is 12.2. The summed E-state index contributed by atoms with van der Waals surface area (Å²) in [6, 6.07) is 3.03. The van der Waals surface area contributed by atoms with E-state index in [9.17, 15) is 8.42 Å². The van der Waals surface area contributed by atoms with Gasteiger partial charge in [-0.3, -0.25) is 0 Å². The maximum absolute atomic E-state index is 12.2. The van der Waals surface area contributed by atoms with Crippen LogP contribution in [0.5, 0.6) is 0 Å². The number of sulfonamides is 1. The van der Waals surface area contributed by atoms with E-state index in [1.54, 1.807) is 6.07 Å². The minimum Gasteiger partial charge on any atom is -0.392 e. The molecule has 1 heterocycles. The average molecular weight is 284 g/mol. The summed E-state index contributed by atoms with van der Waals surface area (Å²) in [4.78, 5) is 3.90. The molecule has 0 aliphatic heterocycles. The van der Waals surface area contributed by atoms with Crippen LogP contribution in [0.4, 0.5) is 0 Å². The third kappa shape index (κ3) is 3.99. The summed E-state index contributed by atoms with van der Waals surface area (Å²) >= 11 is 0. The molecule has 1 saturated carbocycles. The van der Waals surface area contributed by atoms with E-state index in [0.29, 0.717) is 5.56 Å². The van der Waals surface area contributed by atoms with Gasteiger partial charge in [-0.2, -0.15) is 0 Å². The number of pyridine rings is 1. The Bertz CT molecular complexity index is 491. The molecule has 2 rings (SSSR count). The topological polar surface area (TPSA) is 79.3 Å². The highest BCUT2D eigenvalue weighted by Crippen LogP contribution is 2.19. The van der Waals surface area contributed by atoms with E-state index in [1.165, 1.54) is 25.1 Å². The number of hydrogen-bond donors (Lipinski definition) is 2. The standard InChI is InChI=1S/C13H20N2O3S/c16-10-11-7-8-13(14-9-11)19(17,18)15-12-5-3-1-2-4-6-12/h7-9,12,15-16H,1-6,10H2. The van der Waals surface area contributed by atoms with Gasteiger partial charge in [0.05, 0.1) is 6.61 Å². The van der Waals surface area contributed by atoms with Crippen LogP contribution in [0.1, 0.15) is 44.1 Å². The molecule has 0 bridgehead atoms. The zero-order valence-electron chi connectivity index (χ0n) is 10.9. The first-order valence-electron chi connectivity index (χ1n) is 6.70. The molecule has 5 nitrogen and oxygen atoms in total. The Morgan fingerprint density at radius 1 is 1.21 bits per heavy atom. The molecule has 1 aromatic heterocycles. The van der Waals surface area contributed by atoms with Gasteiger partial charge in [-0.1, -0.05) is 31.7 Å². The first kappa shape index (κ1) is 14.4. The second kappa shape index (κ2) is 6.45. The SMILES string of the molecule is O=S(=O)(NC1CCCCCC1)c1ccc(CO)cn1. The predicted octanol–water partition coefficient (Wildman–Crippen LogP) is 1.57. The molecule has 2 N–H and O–H groups in total. The molecule has 1 fully saturated rings. The Balaban J connectivity index is 2.07. The molecular weight excluding hydrogens is 264 g/mol. The summed E-state index contributed by atoms with van der Waals surface area (Å²) < 4.78 is 27.1. The second-order valence-electron chi connectivity index (χ2n) is 4.97. The Morgan fingerprint density at radius 2 is 1.89 bits per heavy atom. The van der Waals surface area contributed by atoms with Crippen molar-refractivity contribution in [3.05, 3.63) is 23.9 Å². The molecule has 106 valence electrons. The lowest BCUT2D eigenvalue weighted by Crippen LogP contribution is -2.34. The Kier molecular flexibility index (Phi) is 4.90. The average Bonchev–Trinajstić information content (AvgIpc) is 2.67. The molecule has 1 aliphatic carbocycles. The molecule has 0 unspecified atom stereocenters. The van der Waals surface area contributed by atoms with Crippen molar-refractivity contribution in [3.8, 4) is 0 Å². The molecule has 6 heteroatoms. The number of rotatable bonds is 4. The molecule has 0 spiro atoms. The molecule has 0 amide bonds. The van der Waals surface area contributed by atoms with E-state index in [1.807, 2.05) is 0 Å². The summed E-state index contributed by atoms with van der Waals surface area (Å²) in [5.41, 5.74) is 0.605. The predicted molar refractivity (Wildman–Crippen MR) is 72.0 cm³/mol. The molecule has 1 aliphatic rings. The molecule has 0 saturated heterocycles. The van der Waals surface area contributed by atoms with Gasteiger partial charge in [0.2, 0.25) is 0 Å². The van der Waals surface area contributed by atoms with Crippen molar-refractivity contribution >= 4 is 10.0 Å². The van der Waals surface area contributed by atoms with E-state index in [-0.39, 0.29) is 17.7 Å². The lowest BCUT2D eigenvalue weighted by molar-refractivity contribution is 0.281. The van der Waals surface area contributed by atoms with Gasteiger partial charge in [0, 0.05) is 12.2 Å². The largest absolute Gasteiger partial charge is 0.392 e. The van der Waals surface area contributed by atoms with Crippen molar-refractivity contribution in [2.75, 3.05) is 0 Å². The number of aliphatic hydroxyl groups is 1. The first-order chi connectivity index (χ1) is 9.12. The molecule has 19 heavy (non-hydrogen) atoms. The van der Waals surface area contributed by atoms with Gasteiger partial charge in [0.15, 0.2) is 5.03 Å². The first-order valence-corrected chi connectivity index (χ1v) is 8.18. The minimum absolute atomic E-state index is 0.0202. The summed E-state index contributed by atoms with van der Waals surface area (Å²) in [5, 5.41) is 8.94. The van der Waals surface area contributed by atoms with Crippen molar-refractivity contribution < 1.29 is 13.5 Å². The van der Waals surface area contributed by atoms with Gasteiger partial charge in [-0.15, -0.1) is 0 Å². The van der Waals surface area contributed by atoms with Crippen LogP contribution in [0, 0.1) is 0 Å². The quantitative estimate of drug-likeness (QED) is 0.823. The van der Waals surface area contributed by atoms with Gasteiger partial charge in [-0.05, 0) is 24.5 Å². The highest BCUT2D eigenvalue weighted by atomic mass is 32.2. The van der Waals surface area contributed by atoms with Gasteiger partial charge < -0.3 is 5.11 Å². The van der Waals surface area contributed by atoms with E-state index in [0.717, 1.165) is 25.7 Å². The van der Waals surface area contributed by atoms with Crippen LogP contribution in [-0.4, -0.2) is 24.6 Å². The third-order valence-electron chi connectivity index (χ3n) is 3.43. The van der Waals surface area contributed by atoms with Crippen molar-refractivity contribution in [2.24, 2.45) is 0 Å². The van der Waals surface area contributed by atoms with Crippen LogP contribution >= 0.6 is 0 Å². The lowest BCUT2D eigenvalue weighted by atomic mass is 10.1. The summed E-state index contributed by atoms with van der Waals surface area (Å²) in [6.45, 7) is -0.136. The smallest absolute Gasteiger partial charge is 0.258 e. The molecule has 1 aromatic rings. The monoisotopic (exact) mass is 284 g/mol. The van der Waals surface area contributed by atoms with Crippen LogP contribution in [0.25, 0.3) is 0 Å². The zero-order chi connectivity index (χ0) is 13.7. The molecule has 0 atom stereocenters. The van der Waals surface area contributed by atoms with Gasteiger partial charge in [-0.25, -0.2) is 18.1 Å². The van der Waals surface area contributed by atoms with E-state index >= 15 is 0 Å². The maximum Gasteiger partial charge on any atom is 0.258 e. The van der Waals surface area contributed by atoms with Crippen molar-refractivity contribution in [3.63, 3.8) is 0 Å². The Morgan fingerprint density at radius 3 is 2.42 bits per heavy atom. The number of aliphatic hydroxyl groups excluding tert-OH is 1. The van der Waals surface area contributed by atoms with Crippen LogP contribution in [0.15, 0.2) is 23.4 Å². The highest BCUT2D eigenvalue weighted by Gasteiger charge is 2.21. The minimum atomic E-state index is -3.54. The molecule has 0 radical (unpaired) electrons. The fraction of sp³-hybridized carbons (Fsp3) is 0.615. The number of nitrogens with zero attached hydrogens (tertiary/aromatic N) is 1. The van der Waals surface area contributed by atoms with E-state index < -0.39 is 10.0 Å². The fourth-order valence-electron chi connectivity index (χ4n) is 2.34. The van der Waals surface area contributed by atoms with Crippen LogP contribution in [0.2, 0.25) is 0 Å². The number of hydrogen-bond acceptors (Lipinski definition) is 4. The van der Waals surface area contributed by atoms with Crippen LogP contribution in [-0.2, 0) is 16.6 Å².